The molecule has 1 atom stereocenters. The SMILES string of the molecule is Cc1cc(C[C@H]2COCCN(C(=O)CCCn3cncn3)C2)ncn1. The lowest BCUT2D eigenvalue weighted by Crippen LogP contribution is -2.36. The normalized spacial score (nSPS) is 18.1. The first kappa shape index (κ1) is 17.5. The van der Waals surface area contributed by atoms with Crippen molar-refractivity contribution in [2.45, 2.75) is 32.7 Å². The highest BCUT2D eigenvalue weighted by Gasteiger charge is 2.23. The van der Waals surface area contributed by atoms with E-state index in [0.29, 0.717) is 39.3 Å². The molecule has 3 heterocycles. The van der Waals surface area contributed by atoms with Crippen LogP contribution in [0.5, 0.6) is 0 Å². The van der Waals surface area contributed by atoms with Gasteiger partial charge >= 0.3 is 0 Å². The monoisotopic (exact) mass is 344 g/mol. The molecule has 3 rings (SSSR count). The largest absolute Gasteiger partial charge is 0.379 e. The second-order valence-corrected chi connectivity index (χ2v) is 6.40. The molecule has 8 heteroatoms. The molecule has 0 N–H and O–H groups in total. The summed E-state index contributed by atoms with van der Waals surface area (Å²) in [5.41, 5.74) is 1.96. The lowest BCUT2D eigenvalue weighted by atomic mass is 10.0. The maximum absolute atomic E-state index is 12.5. The Morgan fingerprint density at radius 2 is 2.28 bits per heavy atom. The van der Waals surface area contributed by atoms with Crippen molar-refractivity contribution in [1.29, 1.82) is 0 Å². The summed E-state index contributed by atoms with van der Waals surface area (Å²) in [5, 5.41) is 4.06. The minimum Gasteiger partial charge on any atom is -0.379 e. The van der Waals surface area contributed by atoms with Gasteiger partial charge in [-0.15, -0.1) is 0 Å². The summed E-state index contributed by atoms with van der Waals surface area (Å²) >= 11 is 0. The summed E-state index contributed by atoms with van der Waals surface area (Å²) in [4.78, 5) is 26.8. The number of aromatic nitrogens is 5. The van der Waals surface area contributed by atoms with Gasteiger partial charge in [0.15, 0.2) is 0 Å². The van der Waals surface area contributed by atoms with Gasteiger partial charge in [0, 0.05) is 43.4 Å². The topological polar surface area (TPSA) is 86.0 Å². The zero-order valence-corrected chi connectivity index (χ0v) is 14.5. The summed E-state index contributed by atoms with van der Waals surface area (Å²) in [6.45, 7) is 5.28. The van der Waals surface area contributed by atoms with Crippen LogP contribution in [0.25, 0.3) is 0 Å². The molecule has 25 heavy (non-hydrogen) atoms. The van der Waals surface area contributed by atoms with E-state index in [1.807, 2.05) is 17.9 Å². The van der Waals surface area contributed by atoms with E-state index in [0.717, 1.165) is 24.2 Å². The van der Waals surface area contributed by atoms with Crippen molar-refractivity contribution in [3.8, 4) is 0 Å². The molecule has 2 aromatic rings. The van der Waals surface area contributed by atoms with Crippen molar-refractivity contribution in [2.75, 3.05) is 26.3 Å². The van der Waals surface area contributed by atoms with Gasteiger partial charge in [-0.2, -0.15) is 5.10 Å². The van der Waals surface area contributed by atoms with E-state index in [4.69, 9.17) is 4.74 Å². The van der Waals surface area contributed by atoms with Crippen LogP contribution in [0.4, 0.5) is 0 Å². The summed E-state index contributed by atoms with van der Waals surface area (Å²) in [7, 11) is 0. The number of hydrogen-bond donors (Lipinski definition) is 0. The maximum atomic E-state index is 12.5. The lowest BCUT2D eigenvalue weighted by Gasteiger charge is -2.23. The van der Waals surface area contributed by atoms with E-state index in [2.05, 4.69) is 20.1 Å². The van der Waals surface area contributed by atoms with E-state index in [-0.39, 0.29) is 11.8 Å². The molecule has 0 radical (unpaired) electrons. The standard InChI is InChI=1S/C17H24N6O2/c1-14-7-16(20-12-19-14)8-15-9-22(5-6-25-10-15)17(24)3-2-4-23-13-18-11-21-23/h7,11-13,15H,2-6,8-10H2,1H3/t15-/m1/s1. The number of amides is 1. The second-order valence-electron chi connectivity index (χ2n) is 6.40. The van der Waals surface area contributed by atoms with Gasteiger partial charge in [0.2, 0.25) is 5.91 Å². The molecule has 1 fully saturated rings. The van der Waals surface area contributed by atoms with E-state index in [9.17, 15) is 4.79 Å². The molecule has 0 unspecified atom stereocenters. The molecular weight excluding hydrogens is 320 g/mol. The number of hydrogen-bond acceptors (Lipinski definition) is 6. The molecule has 134 valence electrons. The van der Waals surface area contributed by atoms with Gasteiger partial charge in [0.25, 0.3) is 0 Å². The van der Waals surface area contributed by atoms with Crippen molar-refractivity contribution in [1.82, 2.24) is 29.6 Å². The van der Waals surface area contributed by atoms with E-state index in [1.54, 1.807) is 17.3 Å². The van der Waals surface area contributed by atoms with Gasteiger partial charge in [0.05, 0.1) is 13.2 Å². The van der Waals surface area contributed by atoms with Crippen LogP contribution in [0.15, 0.2) is 25.0 Å². The molecule has 0 bridgehead atoms. The van der Waals surface area contributed by atoms with Crippen LogP contribution < -0.4 is 0 Å². The van der Waals surface area contributed by atoms with Crippen molar-refractivity contribution in [2.24, 2.45) is 5.92 Å². The molecule has 0 saturated carbocycles. The zero-order chi connectivity index (χ0) is 17.5. The van der Waals surface area contributed by atoms with E-state index in [1.165, 1.54) is 6.33 Å². The van der Waals surface area contributed by atoms with Gasteiger partial charge in [-0.05, 0) is 25.8 Å². The fraction of sp³-hybridized carbons (Fsp3) is 0.588. The smallest absolute Gasteiger partial charge is 0.222 e. The first-order valence-electron chi connectivity index (χ1n) is 8.66. The molecule has 2 aromatic heterocycles. The third-order valence-electron chi connectivity index (χ3n) is 4.29. The van der Waals surface area contributed by atoms with E-state index < -0.39 is 0 Å². The maximum Gasteiger partial charge on any atom is 0.222 e. The van der Waals surface area contributed by atoms with E-state index >= 15 is 0 Å². The fourth-order valence-electron chi connectivity index (χ4n) is 3.05. The second kappa shape index (κ2) is 8.66. The molecule has 0 aromatic carbocycles. The Kier molecular flexibility index (Phi) is 6.05. The number of rotatable bonds is 6. The summed E-state index contributed by atoms with van der Waals surface area (Å²) in [6.07, 6.45) is 6.84. The fourth-order valence-corrected chi connectivity index (χ4v) is 3.05. The predicted octanol–water partition coefficient (Wildman–Crippen LogP) is 0.874. The number of aryl methyl sites for hydroxylation is 2. The molecule has 0 aliphatic carbocycles. The van der Waals surface area contributed by atoms with Crippen LogP contribution in [0.1, 0.15) is 24.2 Å². The predicted molar refractivity (Wildman–Crippen MR) is 90.6 cm³/mol. The Balaban J connectivity index is 1.51. The van der Waals surface area contributed by atoms with Crippen LogP contribution in [0.2, 0.25) is 0 Å². The third-order valence-corrected chi connectivity index (χ3v) is 4.29. The Hall–Kier alpha value is -2.35. The van der Waals surface area contributed by atoms with Crippen molar-refractivity contribution in [3.63, 3.8) is 0 Å². The van der Waals surface area contributed by atoms with Crippen LogP contribution in [-0.4, -0.2) is 61.8 Å². The highest BCUT2D eigenvalue weighted by atomic mass is 16.5. The zero-order valence-electron chi connectivity index (χ0n) is 14.5. The van der Waals surface area contributed by atoms with Crippen molar-refractivity contribution < 1.29 is 9.53 Å². The first-order valence-corrected chi connectivity index (χ1v) is 8.66. The van der Waals surface area contributed by atoms with Gasteiger partial charge < -0.3 is 9.64 Å². The Labute approximate surface area is 147 Å². The number of carbonyl (C=O) groups excluding carboxylic acids is 1. The van der Waals surface area contributed by atoms with Gasteiger partial charge in [0.1, 0.15) is 19.0 Å². The average Bonchev–Trinajstić information content (AvgIpc) is 3.00. The van der Waals surface area contributed by atoms with Crippen molar-refractivity contribution in [3.05, 3.63) is 36.4 Å². The number of carbonyl (C=O) groups is 1. The molecular formula is C17H24N6O2. The van der Waals surface area contributed by atoms with Crippen LogP contribution >= 0.6 is 0 Å². The Morgan fingerprint density at radius 1 is 1.36 bits per heavy atom. The lowest BCUT2D eigenvalue weighted by molar-refractivity contribution is -0.131. The van der Waals surface area contributed by atoms with Crippen LogP contribution in [0.3, 0.4) is 0 Å². The van der Waals surface area contributed by atoms with Crippen LogP contribution in [-0.2, 0) is 22.5 Å². The minimum absolute atomic E-state index is 0.175. The molecule has 8 nitrogen and oxygen atoms in total. The summed E-state index contributed by atoms with van der Waals surface area (Å²) in [5.74, 6) is 0.436. The molecule has 1 aliphatic heterocycles. The Bertz CT molecular complexity index is 676. The molecule has 0 spiro atoms. The Morgan fingerprint density at radius 3 is 3.08 bits per heavy atom. The molecule has 1 amide bonds. The third kappa shape index (κ3) is 5.32. The number of nitrogens with zero attached hydrogens (tertiary/aromatic N) is 6. The molecule has 1 aliphatic rings. The van der Waals surface area contributed by atoms with Gasteiger partial charge in [-0.25, -0.2) is 15.0 Å². The minimum atomic E-state index is 0.175. The van der Waals surface area contributed by atoms with Crippen LogP contribution in [0, 0.1) is 12.8 Å². The molecule has 1 saturated heterocycles. The quantitative estimate of drug-likeness (QED) is 0.773. The van der Waals surface area contributed by atoms with Gasteiger partial charge in [-0.1, -0.05) is 0 Å². The highest BCUT2D eigenvalue weighted by molar-refractivity contribution is 5.76. The highest BCUT2D eigenvalue weighted by Crippen LogP contribution is 2.14. The summed E-state index contributed by atoms with van der Waals surface area (Å²) < 4.78 is 7.44. The first-order chi connectivity index (χ1) is 12.2. The summed E-state index contributed by atoms with van der Waals surface area (Å²) in [6, 6.07) is 2.00. The average molecular weight is 344 g/mol. The number of ether oxygens (including phenoxy) is 1. The van der Waals surface area contributed by atoms with Gasteiger partial charge in [-0.3, -0.25) is 9.48 Å². The van der Waals surface area contributed by atoms with Crippen molar-refractivity contribution >= 4 is 5.91 Å².